The lowest BCUT2D eigenvalue weighted by molar-refractivity contribution is -0.136. The molecule has 10 heteroatoms. The zero-order chi connectivity index (χ0) is 17.2. The molecule has 0 aromatic carbocycles. The smallest absolute Gasteiger partial charge is 0.244 e. The average Bonchev–Trinajstić information content (AvgIpc) is 3.18. The molecule has 1 aliphatic carbocycles. The lowest BCUT2D eigenvalue weighted by atomic mass is 10.3. The maximum Gasteiger partial charge on any atom is 0.244 e. The summed E-state index contributed by atoms with van der Waals surface area (Å²) in [5, 5.41) is 19.6. The number of aromatic nitrogens is 6. The van der Waals surface area contributed by atoms with Crippen molar-refractivity contribution in [2.75, 3.05) is 31.6 Å². The molecule has 1 amide bonds. The lowest BCUT2D eigenvalue weighted by Crippen LogP contribution is -2.42. The van der Waals surface area contributed by atoms with Crippen LogP contribution in [-0.4, -0.2) is 67.1 Å². The molecule has 1 saturated carbocycles. The molecule has 3 heterocycles. The molecule has 134 valence electrons. The summed E-state index contributed by atoms with van der Waals surface area (Å²) < 4.78 is 8.81. The number of hydrogen-bond donors (Lipinski definition) is 1. The van der Waals surface area contributed by atoms with Crippen molar-refractivity contribution < 1.29 is 9.53 Å². The average molecular weight is 346 g/mol. The van der Waals surface area contributed by atoms with Gasteiger partial charge < -0.3 is 15.0 Å². The van der Waals surface area contributed by atoms with Crippen LogP contribution in [-0.2, 0) is 16.1 Å². The number of carbonyl (C=O) groups is 1. The van der Waals surface area contributed by atoms with Crippen molar-refractivity contribution in [1.82, 2.24) is 34.9 Å². The third-order valence-electron chi connectivity index (χ3n) is 4.48. The van der Waals surface area contributed by atoms with Crippen molar-refractivity contribution in [1.29, 1.82) is 0 Å². The van der Waals surface area contributed by atoms with E-state index in [9.17, 15) is 4.79 Å². The van der Waals surface area contributed by atoms with Crippen LogP contribution in [0.15, 0.2) is 12.4 Å². The Bertz CT molecular complexity index is 731. The first-order valence-electron chi connectivity index (χ1n) is 8.63. The maximum absolute atomic E-state index is 12.3. The van der Waals surface area contributed by atoms with Gasteiger partial charge in [-0.05, 0) is 30.2 Å². The Hall–Kier alpha value is -2.49. The zero-order valence-corrected chi connectivity index (χ0v) is 14.2. The summed E-state index contributed by atoms with van der Waals surface area (Å²) >= 11 is 0. The summed E-state index contributed by atoms with van der Waals surface area (Å²) in [7, 11) is 0. The quantitative estimate of drug-likeness (QED) is 0.799. The first-order valence-corrected chi connectivity index (χ1v) is 8.63. The number of ether oxygens (including phenoxy) is 1. The minimum absolute atomic E-state index is 0.0387. The Morgan fingerprint density at radius 1 is 1.40 bits per heavy atom. The fourth-order valence-corrected chi connectivity index (χ4v) is 2.96. The molecule has 2 fully saturated rings. The van der Waals surface area contributed by atoms with Crippen molar-refractivity contribution in [2.45, 2.75) is 38.4 Å². The zero-order valence-electron chi connectivity index (χ0n) is 14.2. The van der Waals surface area contributed by atoms with Gasteiger partial charge in [0.1, 0.15) is 6.54 Å². The van der Waals surface area contributed by atoms with Gasteiger partial charge in [-0.25, -0.2) is 4.68 Å². The first kappa shape index (κ1) is 16.0. The fourth-order valence-electron chi connectivity index (χ4n) is 2.96. The molecule has 1 saturated heterocycles. The summed E-state index contributed by atoms with van der Waals surface area (Å²) in [6.45, 7) is 4.74. The van der Waals surface area contributed by atoms with Crippen molar-refractivity contribution in [3.8, 4) is 0 Å². The highest BCUT2D eigenvalue weighted by atomic mass is 16.5. The Morgan fingerprint density at radius 2 is 2.20 bits per heavy atom. The minimum Gasteiger partial charge on any atom is -0.378 e. The number of carbonyl (C=O) groups excluding carboxylic acids is 1. The van der Waals surface area contributed by atoms with Gasteiger partial charge in [-0.2, -0.15) is 5.10 Å². The van der Waals surface area contributed by atoms with Crippen LogP contribution < -0.4 is 5.32 Å². The van der Waals surface area contributed by atoms with E-state index >= 15 is 0 Å². The monoisotopic (exact) mass is 346 g/mol. The summed E-state index contributed by atoms with van der Waals surface area (Å²) in [5.41, 5.74) is 0.840. The van der Waals surface area contributed by atoms with Gasteiger partial charge in [0.15, 0.2) is 5.82 Å². The van der Waals surface area contributed by atoms with E-state index in [-0.39, 0.29) is 18.5 Å². The highest BCUT2D eigenvalue weighted by Crippen LogP contribution is 2.35. The largest absolute Gasteiger partial charge is 0.378 e. The lowest BCUT2D eigenvalue weighted by Gasteiger charge is -2.26. The molecule has 1 aliphatic heterocycles. The second-order valence-electron chi connectivity index (χ2n) is 6.50. The normalized spacial score (nSPS) is 19.0. The molecule has 1 atom stereocenters. The van der Waals surface area contributed by atoms with E-state index in [1.54, 1.807) is 10.9 Å². The summed E-state index contributed by atoms with van der Waals surface area (Å²) in [6.07, 6.45) is 5.81. The van der Waals surface area contributed by atoms with Gasteiger partial charge in [-0.1, -0.05) is 0 Å². The Labute approximate surface area is 145 Å². The first-order chi connectivity index (χ1) is 12.2. The third-order valence-corrected chi connectivity index (χ3v) is 4.48. The molecule has 10 nitrogen and oxygen atoms in total. The Balaban J connectivity index is 1.36. The van der Waals surface area contributed by atoms with Crippen LogP contribution in [0.25, 0.3) is 0 Å². The molecule has 4 rings (SSSR count). The van der Waals surface area contributed by atoms with Gasteiger partial charge >= 0.3 is 0 Å². The minimum atomic E-state index is -0.0387. The van der Waals surface area contributed by atoms with E-state index in [4.69, 9.17) is 4.74 Å². The standard InChI is InChI=1S/C15H22N8O2/c1-11(15-18-19-20-23(15)13-2-3-13)17-12-8-16-22(9-12)10-14(24)21-4-6-25-7-5-21/h8-9,11,13,17H,2-7,10H2,1H3/t11-/m1/s1. The summed E-state index contributed by atoms with van der Waals surface area (Å²) in [4.78, 5) is 14.1. The van der Waals surface area contributed by atoms with Crippen LogP contribution in [0.3, 0.4) is 0 Å². The topological polar surface area (TPSA) is 103 Å². The van der Waals surface area contributed by atoms with E-state index in [0.29, 0.717) is 32.3 Å². The highest BCUT2D eigenvalue weighted by molar-refractivity contribution is 5.76. The van der Waals surface area contributed by atoms with Gasteiger partial charge in [-0.15, -0.1) is 5.10 Å². The highest BCUT2D eigenvalue weighted by Gasteiger charge is 2.29. The van der Waals surface area contributed by atoms with Crippen LogP contribution in [0.5, 0.6) is 0 Å². The van der Waals surface area contributed by atoms with Crippen LogP contribution in [0.2, 0.25) is 0 Å². The van der Waals surface area contributed by atoms with Crippen molar-refractivity contribution >= 4 is 11.6 Å². The van der Waals surface area contributed by atoms with E-state index < -0.39 is 0 Å². The molecule has 2 aromatic rings. The van der Waals surface area contributed by atoms with E-state index in [0.717, 1.165) is 24.4 Å². The number of anilines is 1. The van der Waals surface area contributed by atoms with E-state index in [1.165, 1.54) is 0 Å². The molecule has 0 unspecified atom stereocenters. The van der Waals surface area contributed by atoms with Crippen LogP contribution in [0.4, 0.5) is 5.69 Å². The number of rotatable bonds is 6. The van der Waals surface area contributed by atoms with Crippen molar-refractivity contribution in [3.05, 3.63) is 18.2 Å². The fraction of sp³-hybridized carbons (Fsp3) is 0.667. The van der Waals surface area contributed by atoms with Crippen LogP contribution in [0.1, 0.15) is 37.7 Å². The summed E-state index contributed by atoms with van der Waals surface area (Å²) in [5.74, 6) is 0.878. The van der Waals surface area contributed by atoms with Crippen molar-refractivity contribution in [2.24, 2.45) is 0 Å². The maximum atomic E-state index is 12.3. The Kier molecular flexibility index (Phi) is 4.35. The number of hydrogen-bond acceptors (Lipinski definition) is 7. The van der Waals surface area contributed by atoms with Gasteiger partial charge in [0.05, 0.1) is 37.2 Å². The molecule has 2 aromatic heterocycles. The van der Waals surface area contributed by atoms with Crippen LogP contribution >= 0.6 is 0 Å². The number of nitrogens with zero attached hydrogens (tertiary/aromatic N) is 7. The molecule has 0 spiro atoms. The SMILES string of the molecule is C[C@@H](Nc1cnn(CC(=O)N2CCOCC2)c1)c1nnnn1C1CC1. The summed E-state index contributed by atoms with van der Waals surface area (Å²) in [6, 6.07) is 0.395. The molecule has 2 aliphatic rings. The predicted octanol–water partition coefficient (Wildman–Crippen LogP) is 0.236. The number of tetrazole rings is 1. The second-order valence-corrected chi connectivity index (χ2v) is 6.50. The molecular formula is C15H22N8O2. The third kappa shape index (κ3) is 3.63. The van der Waals surface area contributed by atoms with Crippen molar-refractivity contribution in [3.63, 3.8) is 0 Å². The molecule has 25 heavy (non-hydrogen) atoms. The van der Waals surface area contributed by atoms with Gasteiger partial charge in [0, 0.05) is 19.3 Å². The Morgan fingerprint density at radius 3 is 2.96 bits per heavy atom. The van der Waals surface area contributed by atoms with Gasteiger partial charge in [0.25, 0.3) is 0 Å². The second kappa shape index (κ2) is 6.79. The molecule has 1 N–H and O–H groups in total. The van der Waals surface area contributed by atoms with Gasteiger partial charge in [0.2, 0.25) is 5.91 Å². The van der Waals surface area contributed by atoms with E-state index in [1.807, 2.05) is 22.7 Å². The number of amides is 1. The number of nitrogens with one attached hydrogen (secondary N) is 1. The van der Waals surface area contributed by atoms with Crippen LogP contribution in [0, 0.1) is 0 Å². The molecule has 0 bridgehead atoms. The van der Waals surface area contributed by atoms with E-state index in [2.05, 4.69) is 25.9 Å². The predicted molar refractivity (Wildman–Crippen MR) is 87.8 cm³/mol. The van der Waals surface area contributed by atoms with Gasteiger partial charge in [-0.3, -0.25) is 9.48 Å². The molecular weight excluding hydrogens is 324 g/mol. The number of morpholine rings is 1. The molecule has 0 radical (unpaired) electrons.